The van der Waals surface area contributed by atoms with E-state index in [0.717, 1.165) is 17.6 Å². The fourth-order valence-electron chi connectivity index (χ4n) is 3.14. The zero-order chi connectivity index (χ0) is 25.5. The van der Waals surface area contributed by atoms with Crippen LogP contribution in [-0.2, 0) is 19.9 Å². The highest BCUT2D eigenvalue weighted by molar-refractivity contribution is 7.92. The molecular formula is C20H16ClN5O6S3. The molecule has 0 aliphatic rings. The molecule has 0 bridgehead atoms. The highest BCUT2D eigenvalue weighted by Crippen LogP contribution is 2.25. The number of thiophene rings is 1. The van der Waals surface area contributed by atoms with Crippen molar-refractivity contribution in [1.29, 1.82) is 0 Å². The van der Waals surface area contributed by atoms with Crippen molar-refractivity contribution in [2.45, 2.75) is 16.0 Å². The molecule has 2 amide bonds. The first kappa shape index (κ1) is 24.8. The Morgan fingerprint density at radius 1 is 1.09 bits per heavy atom. The molecule has 35 heavy (non-hydrogen) atoms. The van der Waals surface area contributed by atoms with Gasteiger partial charge in [0.05, 0.1) is 32.0 Å². The number of urea groups is 1. The number of carbonyl (C=O) groups excluding carboxylic acids is 1. The van der Waals surface area contributed by atoms with E-state index in [1.807, 2.05) is 4.72 Å². The molecule has 3 aromatic heterocycles. The maximum atomic E-state index is 13.1. The minimum absolute atomic E-state index is 0.0161. The lowest BCUT2D eigenvalue weighted by atomic mass is 10.2. The van der Waals surface area contributed by atoms with Gasteiger partial charge in [-0.3, -0.25) is 4.79 Å². The molecule has 1 aromatic carbocycles. The number of fused-ring (bicyclic) bond motifs is 1. The number of sulfonamides is 1. The van der Waals surface area contributed by atoms with Crippen molar-refractivity contribution in [3.63, 3.8) is 0 Å². The summed E-state index contributed by atoms with van der Waals surface area (Å²) in [5.41, 5.74) is -0.0338. The molecule has 0 saturated heterocycles. The Bertz CT molecular complexity index is 1750. The van der Waals surface area contributed by atoms with E-state index in [4.69, 9.17) is 11.6 Å². The molecule has 3 heterocycles. The molecule has 0 radical (unpaired) electrons. The van der Waals surface area contributed by atoms with Gasteiger partial charge < -0.3 is 5.32 Å². The topological polar surface area (TPSA) is 157 Å². The highest BCUT2D eigenvalue weighted by Gasteiger charge is 2.20. The van der Waals surface area contributed by atoms with E-state index < -0.39 is 31.5 Å². The van der Waals surface area contributed by atoms with Crippen LogP contribution >= 0.6 is 22.9 Å². The van der Waals surface area contributed by atoms with Gasteiger partial charge in [0.1, 0.15) is 15.9 Å². The Labute approximate surface area is 208 Å². The Morgan fingerprint density at radius 2 is 1.83 bits per heavy atom. The molecule has 0 aliphatic carbocycles. The minimum atomic E-state index is -4.10. The van der Waals surface area contributed by atoms with Crippen molar-refractivity contribution in [3.05, 3.63) is 69.2 Å². The SMILES string of the molecule is Cc1nc2ccc(S(C)(=O)=O)cc2c(=O)n1-c1ccc(NC(=O)NS(=O)(=O)c2ccc(Cl)s2)cn1. The van der Waals surface area contributed by atoms with E-state index >= 15 is 0 Å². The molecule has 11 nitrogen and oxygen atoms in total. The Kier molecular flexibility index (Phi) is 6.40. The van der Waals surface area contributed by atoms with E-state index in [1.54, 1.807) is 6.92 Å². The van der Waals surface area contributed by atoms with E-state index in [0.29, 0.717) is 11.3 Å². The van der Waals surface area contributed by atoms with Crippen LogP contribution in [-0.4, -0.2) is 43.7 Å². The van der Waals surface area contributed by atoms with E-state index in [1.165, 1.54) is 53.2 Å². The van der Waals surface area contributed by atoms with Gasteiger partial charge in [-0.15, -0.1) is 11.3 Å². The Balaban J connectivity index is 1.60. The number of halogens is 1. The molecule has 0 fully saturated rings. The molecule has 15 heteroatoms. The molecule has 0 aliphatic heterocycles. The van der Waals surface area contributed by atoms with Crippen molar-refractivity contribution in [3.8, 4) is 5.82 Å². The van der Waals surface area contributed by atoms with Crippen LogP contribution < -0.4 is 15.6 Å². The first-order chi connectivity index (χ1) is 16.3. The van der Waals surface area contributed by atoms with Gasteiger partial charge in [0.25, 0.3) is 15.6 Å². The van der Waals surface area contributed by atoms with Crippen LogP contribution in [0.2, 0.25) is 4.34 Å². The predicted molar refractivity (Wildman–Crippen MR) is 132 cm³/mol. The zero-order valence-electron chi connectivity index (χ0n) is 18.0. The normalized spacial score (nSPS) is 12.0. The fourth-order valence-corrected chi connectivity index (χ4v) is 6.18. The number of nitrogens with one attached hydrogen (secondary N) is 2. The van der Waals surface area contributed by atoms with Gasteiger partial charge in [-0.2, -0.15) is 0 Å². The number of rotatable bonds is 5. The van der Waals surface area contributed by atoms with Crippen LogP contribution in [0.3, 0.4) is 0 Å². The third-order valence-electron chi connectivity index (χ3n) is 4.71. The third-order valence-corrected chi connectivity index (χ3v) is 8.88. The van der Waals surface area contributed by atoms with Crippen LogP contribution in [0.15, 0.2) is 62.6 Å². The summed E-state index contributed by atoms with van der Waals surface area (Å²) in [6, 6.07) is 8.59. The second kappa shape index (κ2) is 9.03. The Hall–Kier alpha value is -3.33. The van der Waals surface area contributed by atoms with Crippen molar-refractivity contribution >= 4 is 65.4 Å². The maximum absolute atomic E-state index is 13.1. The molecule has 0 atom stereocenters. The lowest BCUT2D eigenvalue weighted by molar-refractivity contribution is 0.256. The average Bonchev–Trinajstić information content (AvgIpc) is 3.21. The van der Waals surface area contributed by atoms with Gasteiger partial charge in [0.15, 0.2) is 9.84 Å². The van der Waals surface area contributed by atoms with E-state index in [2.05, 4.69) is 15.3 Å². The number of hydrogen-bond acceptors (Lipinski definition) is 9. The van der Waals surface area contributed by atoms with Crippen LogP contribution in [0.1, 0.15) is 5.82 Å². The summed E-state index contributed by atoms with van der Waals surface area (Å²) in [5.74, 6) is 0.472. The summed E-state index contributed by atoms with van der Waals surface area (Å²) in [5, 5.41) is 2.44. The van der Waals surface area contributed by atoms with Crippen molar-refractivity contribution in [2.75, 3.05) is 11.6 Å². The second-order valence-electron chi connectivity index (χ2n) is 7.27. The molecule has 0 saturated carbocycles. The van der Waals surface area contributed by atoms with Crippen molar-refractivity contribution in [2.24, 2.45) is 0 Å². The Morgan fingerprint density at radius 3 is 2.43 bits per heavy atom. The summed E-state index contributed by atoms with van der Waals surface area (Å²) < 4.78 is 51.4. The number of pyridine rings is 1. The monoisotopic (exact) mass is 553 g/mol. The van der Waals surface area contributed by atoms with Gasteiger partial charge in [-0.1, -0.05) is 11.6 Å². The number of aromatic nitrogens is 3. The quantitative estimate of drug-likeness (QED) is 0.382. The van der Waals surface area contributed by atoms with Gasteiger partial charge in [0.2, 0.25) is 0 Å². The third kappa shape index (κ3) is 5.19. The number of nitrogens with zero attached hydrogens (tertiary/aromatic N) is 3. The van der Waals surface area contributed by atoms with Gasteiger partial charge in [-0.25, -0.2) is 40.9 Å². The molecule has 2 N–H and O–H groups in total. The number of benzene rings is 1. The lowest BCUT2D eigenvalue weighted by Gasteiger charge is -2.12. The van der Waals surface area contributed by atoms with Crippen LogP contribution in [0.4, 0.5) is 10.5 Å². The molecular weight excluding hydrogens is 538 g/mol. The second-order valence-corrected chi connectivity index (χ2v) is 12.9. The van der Waals surface area contributed by atoms with Crippen LogP contribution in [0.25, 0.3) is 16.7 Å². The van der Waals surface area contributed by atoms with Gasteiger partial charge >= 0.3 is 6.03 Å². The average molecular weight is 554 g/mol. The standard InChI is InChI=1S/C20H16ClN5O6S3/c1-11-23-15-5-4-13(34(2,29)30)9-14(15)19(27)26(11)17-7-3-12(10-22-17)24-20(28)25-35(31,32)18-8-6-16(21)33-18/h3-10H,1-2H3,(H2,24,25,28). The van der Waals surface area contributed by atoms with Crippen molar-refractivity contribution < 1.29 is 21.6 Å². The van der Waals surface area contributed by atoms with Crippen LogP contribution in [0.5, 0.6) is 0 Å². The summed E-state index contributed by atoms with van der Waals surface area (Å²) in [6.45, 7) is 1.59. The summed E-state index contributed by atoms with van der Waals surface area (Å²) >= 11 is 6.54. The van der Waals surface area contributed by atoms with Crippen molar-refractivity contribution in [1.82, 2.24) is 19.3 Å². The van der Waals surface area contributed by atoms with E-state index in [9.17, 15) is 26.4 Å². The smallest absolute Gasteiger partial charge is 0.306 e. The molecule has 4 aromatic rings. The maximum Gasteiger partial charge on any atom is 0.333 e. The predicted octanol–water partition coefficient (Wildman–Crippen LogP) is 2.72. The number of carbonyl (C=O) groups is 1. The highest BCUT2D eigenvalue weighted by atomic mass is 35.5. The number of aryl methyl sites for hydroxylation is 1. The number of hydrogen-bond donors (Lipinski definition) is 2. The summed E-state index contributed by atoms with van der Waals surface area (Å²) in [4.78, 5) is 33.8. The van der Waals surface area contributed by atoms with Gasteiger partial charge in [-0.05, 0) is 49.4 Å². The first-order valence-electron chi connectivity index (χ1n) is 9.64. The van der Waals surface area contributed by atoms with Crippen LogP contribution in [0, 0.1) is 6.92 Å². The largest absolute Gasteiger partial charge is 0.333 e. The first-order valence-corrected chi connectivity index (χ1v) is 14.2. The summed E-state index contributed by atoms with van der Waals surface area (Å²) in [6.07, 6.45) is 2.27. The molecule has 0 unspecified atom stereocenters. The van der Waals surface area contributed by atoms with E-state index in [-0.39, 0.29) is 30.3 Å². The number of sulfone groups is 1. The van der Waals surface area contributed by atoms with Gasteiger partial charge in [0, 0.05) is 6.26 Å². The fraction of sp³-hybridized carbons (Fsp3) is 0.100. The number of anilines is 1. The molecule has 0 spiro atoms. The lowest BCUT2D eigenvalue weighted by Crippen LogP contribution is -2.34. The number of amides is 2. The molecule has 182 valence electrons. The summed E-state index contributed by atoms with van der Waals surface area (Å²) in [7, 11) is -7.63. The molecule has 4 rings (SSSR count). The minimum Gasteiger partial charge on any atom is -0.306 e. The zero-order valence-corrected chi connectivity index (χ0v) is 21.2.